The van der Waals surface area contributed by atoms with Gasteiger partial charge in [0.15, 0.2) is 0 Å². The number of anilines is 4. The van der Waals surface area contributed by atoms with Crippen molar-refractivity contribution in [3.8, 4) is 0 Å². The van der Waals surface area contributed by atoms with E-state index in [1.54, 1.807) is 19.1 Å². The van der Waals surface area contributed by atoms with Crippen LogP contribution in [-0.4, -0.2) is 46.0 Å². The van der Waals surface area contributed by atoms with E-state index >= 15 is 0 Å². The van der Waals surface area contributed by atoms with Crippen molar-refractivity contribution >= 4 is 61.6 Å². The van der Waals surface area contributed by atoms with Gasteiger partial charge in [0.25, 0.3) is 10.0 Å². The van der Waals surface area contributed by atoms with Crippen molar-refractivity contribution < 1.29 is 13.2 Å². The summed E-state index contributed by atoms with van der Waals surface area (Å²) in [5.41, 5.74) is 4.15. The molecule has 232 valence electrons. The predicted octanol–water partition coefficient (Wildman–Crippen LogP) is 5.57. The molecule has 5 rings (SSSR count). The van der Waals surface area contributed by atoms with Crippen LogP contribution in [0.4, 0.5) is 22.7 Å². The van der Waals surface area contributed by atoms with Gasteiger partial charge in [-0.15, -0.1) is 10.2 Å². The first kappa shape index (κ1) is 31.5. The number of hydrogen-bond acceptors (Lipinski definition) is 11. The highest BCUT2D eigenvalue weighted by Crippen LogP contribution is 2.30. The average molecular weight is 656 g/mol. The van der Waals surface area contributed by atoms with Gasteiger partial charge in [-0.05, 0) is 105 Å². The molecule has 4 N–H and O–H groups in total. The Labute approximate surface area is 265 Å². The van der Waals surface area contributed by atoms with Gasteiger partial charge in [-0.25, -0.2) is 8.42 Å². The summed E-state index contributed by atoms with van der Waals surface area (Å²) < 4.78 is 27.7. The third kappa shape index (κ3) is 8.18. The van der Waals surface area contributed by atoms with Crippen molar-refractivity contribution in [3.63, 3.8) is 0 Å². The lowest BCUT2D eigenvalue weighted by Crippen LogP contribution is -2.29. The molecule has 1 saturated carbocycles. The molecule has 1 amide bonds. The Morgan fingerprint density at radius 2 is 1.64 bits per heavy atom. The third-order valence-corrected chi connectivity index (χ3v) is 10.1. The van der Waals surface area contributed by atoms with Crippen molar-refractivity contribution in [1.29, 1.82) is 0 Å². The summed E-state index contributed by atoms with van der Waals surface area (Å²) in [7, 11) is -3.80. The molecule has 0 unspecified atom stereocenters. The molecule has 44 heavy (non-hydrogen) atoms. The summed E-state index contributed by atoms with van der Waals surface area (Å²) in [5.74, 6) is 0.979. The Kier molecular flexibility index (Phi) is 9.91. The number of benzene rings is 2. The Morgan fingerprint density at radius 3 is 2.32 bits per heavy atom. The van der Waals surface area contributed by atoms with Crippen LogP contribution in [0.2, 0.25) is 5.28 Å². The van der Waals surface area contributed by atoms with E-state index in [1.165, 1.54) is 23.3 Å². The maximum Gasteiger partial charge on any atom is 0.263 e. The van der Waals surface area contributed by atoms with E-state index < -0.39 is 10.0 Å². The number of nitrogens with zero attached hydrogens (tertiary/aromatic N) is 5. The van der Waals surface area contributed by atoms with Gasteiger partial charge in [0.2, 0.25) is 28.2 Å². The van der Waals surface area contributed by atoms with E-state index in [1.807, 2.05) is 6.07 Å². The quantitative estimate of drug-likeness (QED) is 0.161. The zero-order chi connectivity index (χ0) is 31.3. The first-order chi connectivity index (χ1) is 21.1. The summed E-state index contributed by atoms with van der Waals surface area (Å²) >= 11 is 7.32. The average Bonchev–Trinajstić information content (AvgIpc) is 3.40. The van der Waals surface area contributed by atoms with E-state index in [0.717, 1.165) is 42.6 Å². The minimum Gasteiger partial charge on any atom is -0.354 e. The predicted molar refractivity (Wildman–Crippen MR) is 173 cm³/mol. The minimum absolute atomic E-state index is 0.0695. The fourth-order valence-corrected chi connectivity index (χ4v) is 7.01. The van der Waals surface area contributed by atoms with Crippen LogP contribution in [0.5, 0.6) is 0 Å². The summed E-state index contributed by atoms with van der Waals surface area (Å²) in [6, 6.07) is 12.2. The van der Waals surface area contributed by atoms with Crippen LogP contribution in [0.1, 0.15) is 47.4 Å². The summed E-state index contributed by atoms with van der Waals surface area (Å²) in [4.78, 5) is 25.9. The first-order valence-corrected chi connectivity index (χ1v) is 16.9. The van der Waals surface area contributed by atoms with Crippen LogP contribution < -0.4 is 20.7 Å². The Hall–Kier alpha value is -3.88. The van der Waals surface area contributed by atoms with Crippen molar-refractivity contribution in [1.82, 2.24) is 25.1 Å². The van der Waals surface area contributed by atoms with Crippen LogP contribution in [0.15, 0.2) is 47.4 Å². The number of aryl methyl sites for hydroxylation is 2. The molecule has 4 aromatic rings. The largest absolute Gasteiger partial charge is 0.354 e. The first-order valence-electron chi connectivity index (χ1n) is 14.2. The molecule has 12 nitrogen and oxygen atoms in total. The van der Waals surface area contributed by atoms with Gasteiger partial charge in [-0.1, -0.05) is 29.5 Å². The number of amides is 1. The van der Waals surface area contributed by atoms with E-state index in [2.05, 4.69) is 71.8 Å². The van der Waals surface area contributed by atoms with Gasteiger partial charge in [-0.3, -0.25) is 9.52 Å². The second-order valence-electron chi connectivity index (χ2n) is 10.8. The zero-order valence-corrected chi connectivity index (χ0v) is 27.0. The van der Waals surface area contributed by atoms with Gasteiger partial charge in [0.05, 0.1) is 4.90 Å². The number of rotatable bonds is 11. The smallest absolute Gasteiger partial charge is 0.263 e. The number of nitrogens with one attached hydrogen (secondary N) is 4. The number of carbonyl (C=O) groups is 1. The summed E-state index contributed by atoms with van der Waals surface area (Å²) in [6.07, 6.45) is 3.23. The van der Waals surface area contributed by atoms with E-state index in [4.69, 9.17) is 11.6 Å². The fourth-order valence-electron chi connectivity index (χ4n) is 5.02. The lowest BCUT2D eigenvalue weighted by atomic mass is 9.81. The van der Waals surface area contributed by atoms with Crippen LogP contribution >= 0.6 is 22.9 Å². The normalized spacial score (nSPS) is 16.7. The molecule has 0 saturated heterocycles. The molecule has 1 aliphatic carbocycles. The van der Waals surface area contributed by atoms with Gasteiger partial charge in [0.1, 0.15) is 5.01 Å². The molecule has 1 fully saturated rings. The maximum absolute atomic E-state index is 12.9. The number of sulfonamides is 1. The molecule has 1 aliphatic rings. The SMILES string of the molecule is Cc1nnc(NS(=O)(=O)c2ccc(NC(=O)C3CCC(CNc4nc(Cl)nc(NCc5cccc(C)c5C)n4)CC3)cc2)s1. The van der Waals surface area contributed by atoms with Crippen LogP contribution in [-0.2, 0) is 21.4 Å². The van der Waals surface area contributed by atoms with Crippen LogP contribution in [0, 0.1) is 32.6 Å². The molecule has 2 heterocycles. The number of hydrogen-bond donors (Lipinski definition) is 4. The van der Waals surface area contributed by atoms with Crippen LogP contribution in [0.3, 0.4) is 0 Å². The molecule has 0 atom stereocenters. The third-order valence-electron chi connectivity index (χ3n) is 7.71. The molecule has 0 spiro atoms. The standard InChI is InChI=1S/C29H34ClN9O3S2/c1-17-5-4-6-22(18(17)2)16-32-28-35-26(30)34-27(36-28)31-15-20-7-9-21(10-8-20)25(40)33-23-11-13-24(14-12-23)44(41,42)39-29-38-37-19(3)43-29/h4-6,11-14,20-21H,7-10,15-16H2,1-3H3,(H,33,40)(H,38,39)(H2,31,32,34,35,36). The van der Waals surface area contributed by atoms with Gasteiger partial charge in [0, 0.05) is 24.7 Å². The second-order valence-corrected chi connectivity index (χ2v) is 14.0. The van der Waals surface area contributed by atoms with E-state index in [9.17, 15) is 13.2 Å². The van der Waals surface area contributed by atoms with Gasteiger partial charge >= 0.3 is 0 Å². The number of aromatic nitrogens is 5. The number of carbonyl (C=O) groups excluding carboxylic acids is 1. The highest BCUT2D eigenvalue weighted by atomic mass is 35.5. The van der Waals surface area contributed by atoms with Crippen LogP contribution in [0.25, 0.3) is 0 Å². The Bertz CT molecular complexity index is 1720. The molecule has 0 radical (unpaired) electrons. The highest BCUT2D eigenvalue weighted by molar-refractivity contribution is 7.93. The van der Waals surface area contributed by atoms with Gasteiger partial charge in [-0.2, -0.15) is 15.0 Å². The van der Waals surface area contributed by atoms with Crippen molar-refractivity contribution in [3.05, 3.63) is 69.4 Å². The molecule has 15 heteroatoms. The molecule has 0 aliphatic heterocycles. The summed E-state index contributed by atoms with van der Waals surface area (Å²) in [6.45, 7) is 7.15. The zero-order valence-electron chi connectivity index (χ0n) is 24.6. The number of halogens is 1. The van der Waals surface area contributed by atoms with Crippen molar-refractivity contribution in [2.45, 2.75) is 57.9 Å². The van der Waals surface area contributed by atoms with Crippen molar-refractivity contribution in [2.75, 3.05) is 27.2 Å². The highest BCUT2D eigenvalue weighted by Gasteiger charge is 2.27. The van der Waals surface area contributed by atoms with Gasteiger partial charge < -0.3 is 16.0 Å². The van der Waals surface area contributed by atoms with E-state index in [0.29, 0.717) is 41.6 Å². The Balaban J connectivity index is 1.07. The topological polar surface area (TPSA) is 164 Å². The molecule has 2 aromatic heterocycles. The maximum atomic E-state index is 12.9. The molecular weight excluding hydrogens is 622 g/mol. The lowest BCUT2D eigenvalue weighted by molar-refractivity contribution is -0.121. The lowest BCUT2D eigenvalue weighted by Gasteiger charge is -2.28. The summed E-state index contributed by atoms with van der Waals surface area (Å²) in [5, 5.41) is 18.0. The second kappa shape index (κ2) is 13.8. The van der Waals surface area contributed by atoms with E-state index in [-0.39, 0.29) is 27.1 Å². The molecule has 0 bridgehead atoms. The Morgan fingerprint density at radius 1 is 0.932 bits per heavy atom. The minimum atomic E-state index is -3.80. The monoisotopic (exact) mass is 655 g/mol. The van der Waals surface area contributed by atoms with Crippen molar-refractivity contribution in [2.24, 2.45) is 11.8 Å². The fraction of sp³-hybridized carbons (Fsp3) is 0.379. The molecular formula is C29H34ClN9O3S2. The molecule has 2 aromatic carbocycles.